The summed E-state index contributed by atoms with van der Waals surface area (Å²) < 4.78 is 0. The molecule has 118 valence electrons. The highest BCUT2D eigenvalue weighted by Crippen LogP contribution is 2.26. The second-order valence-corrected chi connectivity index (χ2v) is 6.68. The van der Waals surface area contributed by atoms with E-state index in [2.05, 4.69) is 42.3 Å². The number of benzene rings is 1. The Morgan fingerprint density at radius 1 is 1.14 bits per heavy atom. The van der Waals surface area contributed by atoms with Gasteiger partial charge in [-0.05, 0) is 81.8 Å². The maximum atomic E-state index is 3.69. The summed E-state index contributed by atoms with van der Waals surface area (Å²) in [5.74, 6) is 0.923. The van der Waals surface area contributed by atoms with E-state index in [1.807, 2.05) is 0 Å². The Bertz CT molecular complexity index is 447. The van der Waals surface area contributed by atoms with Crippen molar-refractivity contribution in [3.63, 3.8) is 0 Å². The summed E-state index contributed by atoms with van der Waals surface area (Å²) in [4.78, 5) is 2.65. The van der Waals surface area contributed by atoms with E-state index in [-0.39, 0.29) is 12.4 Å². The molecule has 1 unspecified atom stereocenters. The molecule has 21 heavy (non-hydrogen) atoms. The van der Waals surface area contributed by atoms with Crippen LogP contribution in [0.15, 0.2) is 18.2 Å². The second kappa shape index (κ2) is 7.62. The third-order valence-electron chi connectivity index (χ3n) is 5.41. The monoisotopic (exact) mass is 308 g/mol. The number of piperidine rings is 1. The molecule has 0 amide bonds. The fourth-order valence-electron chi connectivity index (χ4n) is 3.85. The van der Waals surface area contributed by atoms with Crippen LogP contribution >= 0.6 is 12.4 Å². The molecule has 0 aromatic heterocycles. The minimum atomic E-state index is 0. The Hall–Kier alpha value is -0.570. The lowest BCUT2D eigenvalue weighted by molar-refractivity contribution is 0.157. The average Bonchev–Trinajstić information content (AvgIpc) is 2.99. The zero-order valence-corrected chi connectivity index (χ0v) is 14.2. The molecule has 2 aliphatic rings. The highest BCUT2D eigenvalue weighted by Gasteiger charge is 2.28. The van der Waals surface area contributed by atoms with Crippen LogP contribution < -0.4 is 5.32 Å². The highest BCUT2D eigenvalue weighted by molar-refractivity contribution is 5.85. The van der Waals surface area contributed by atoms with Crippen LogP contribution in [-0.2, 0) is 6.54 Å². The smallest absolute Gasteiger partial charge is 0.0236 e. The first-order valence-electron chi connectivity index (χ1n) is 8.25. The van der Waals surface area contributed by atoms with Crippen LogP contribution in [0.1, 0.15) is 42.4 Å². The first-order valence-corrected chi connectivity index (χ1v) is 8.25. The van der Waals surface area contributed by atoms with E-state index in [0.717, 1.165) is 18.5 Å². The predicted molar refractivity (Wildman–Crippen MR) is 92.2 cm³/mol. The molecule has 2 saturated heterocycles. The summed E-state index contributed by atoms with van der Waals surface area (Å²) in [6, 6.07) is 7.54. The average molecular weight is 309 g/mol. The number of hydrogen-bond acceptors (Lipinski definition) is 2. The molecule has 2 fully saturated rings. The topological polar surface area (TPSA) is 15.3 Å². The Morgan fingerprint density at radius 2 is 1.90 bits per heavy atom. The number of aryl methyl sites for hydroxylation is 1. The lowest BCUT2D eigenvalue weighted by Crippen LogP contribution is -2.40. The van der Waals surface area contributed by atoms with Gasteiger partial charge in [-0.1, -0.05) is 18.2 Å². The molecule has 0 aliphatic carbocycles. The van der Waals surface area contributed by atoms with Crippen molar-refractivity contribution < 1.29 is 0 Å². The third kappa shape index (κ3) is 4.00. The molecule has 0 radical (unpaired) electrons. The van der Waals surface area contributed by atoms with Crippen molar-refractivity contribution in [1.29, 1.82) is 0 Å². The van der Waals surface area contributed by atoms with Crippen molar-refractivity contribution in [1.82, 2.24) is 10.2 Å². The molecule has 1 aromatic carbocycles. The zero-order valence-electron chi connectivity index (χ0n) is 13.4. The Labute approximate surface area is 135 Å². The summed E-state index contributed by atoms with van der Waals surface area (Å²) in [5.41, 5.74) is 4.42. The first kappa shape index (κ1) is 16.8. The molecule has 0 spiro atoms. The molecule has 3 rings (SSSR count). The van der Waals surface area contributed by atoms with Gasteiger partial charge in [-0.15, -0.1) is 12.4 Å². The molecule has 0 saturated carbocycles. The van der Waals surface area contributed by atoms with E-state index >= 15 is 0 Å². The number of rotatable bonds is 3. The third-order valence-corrected chi connectivity index (χ3v) is 5.41. The number of halogens is 1. The van der Waals surface area contributed by atoms with Crippen molar-refractivity contribution in [3.05, 3.63) is 34.9 Å². The molecule has 1 aromatic rings. The van der Waals surface area contributed by atoms with E-state index in [0.29, 0.717) is 0 Å². The SMILES string of the molecule is Cc1cccc(CN2CCC(C3CCCN3)CC2)c1C.Cl. The number of nitrogens with one attached hydrogen (secondary N) is 1. The van der Waals surface area contributed by atoms with Crippen LogP contribution in [0.2, 0.25) is 0 Å². The fraction of sp³-hybridized carbons (Fsp3) is 0.667. The first-order chi connectivity index (χ1) is 9.74. The molecule has 1 atom stereocenters. The quantitative estimate of drug-likeness (QED) is 0.916. The minimum Gasteiger partial charge on any atom is -0.314 e. The Kier molecular flexibility index (Phi) is 6.09. The summed E-state index contributed by atoms with van der Waals surface area (Å²) >= 11 is 0. The lowest BCUT2D eigenvalue weighted by atomic mass is 9.88. The largest absolute Gasteiger partial charge is 0.314 e. The summed E-state index contributed by atoms with van der Waals surface area (Å²) in [7, 11) is 0. The van der Waals surface area contributed by atoms with E-state index < -0.39 is 0 Å². The normalized spacial score (nSPS) is 24.0. The van der Waals surface area contributed by atoms with Gasteiger partial charge in [0.2, 0.25) is 0 Å². The van der Waals surface area contributed by atoms with Crippen LogP contribution in [0.4, 0.5) is 0 Å². The van der Waals surface area contributed by atoms with Gasteiger partial charge in [-0.25, -0.2) is 0 Å². The van der Waals surface area contributed by atoms with Crippen LogP contribution in [0, 0.1) is 19.8 Å². The van der Waals surface area contributed by atoms with Gasteiger partial charge in [0.15, 0.2) is 0 Å². The van der Waals surface area contributed by atoms with Crippen molar-refractivity contribution in [2.75, 3.05) is 19.6 Å². The van der Waals surface area contributed by atoms with Gasteiger partial charge in [-0.3, -0.25) is 4.90 Å². The Morgan fingerprint density at radius 3 is 2.57 bits per heavy atom. The van der Waals surface area contributed by atoms with Gasteiger partial charge in [-0.2, -0.15) is 0 Å². The standard InChI is InChI=1S/C18H28N2.ClH/c1-14-5-3-6-17(15(14)2)13-20-11-8-16(9-12-20)18-7-4-10-19-18;/h3,5-6,16,18-19H,4,7-13H2,1-2H3;1H. The number of likely N-dealkylation sites (tertiary alicyclic amines) is 1. The molecular weight excluding hydrogens is 280 g/mol. The predicted octanol–water partition coefficient (Wildman–Crippen LogP) is 3.69. The second-order valence-electron chi connectivity index (χ2n) is 6.68. The minimum absolute atomic E-state index is 0. The van der Waals surface area contributed by atoms with Crippen LogP contribution in [0.3, 0.4) is 0 Å². The molecular formula is C18H29ClN2. The molecule has 2 aliphatic heterocycles. The van der Waals surface area contributed by atoms with E-state index in [1.165, 1.54) is 62.0 Å². The Balaban J connectivity index is 0.00000161. The molecule has 2 nitrogen and oxygen atoms in total. The van der Waals surface area contributed by atoms with Gasteiger partial charge in [0.05, 0.1) is 0 Å². The molecule has 2 heterocycles. The van der Waals surface area contributed by atoms with Crippen LogP contribution in [0.5, 0.6) is 0 Å². The maximum absolute atomic E-state index is 3.69. The van der Waals surface area contributed by atoms with Gasteiger partial charge in [0.25, 0.3) is 0 Å². The number of nitrogens with zero attached hydrogens (tertiary/aromatic N) is 1. The van der Waals surface area contributed by atoms with Crippen LogP contribution in [-0.4, -0.2) is 30.6 Å². The van der Waals surface area contributed by atoms with Gasteiger partial charge < -0.3 is 5.32 Å². The zero-order chi connectivity index (χ0) is 13.9. The molecule has 0 bridgehead atoms. The molecule has 3 heteroatoms. The highest BCUT2D eigenvalue weighted by atomic mass is 35.5. The lowest BCUT2D eigenvalue weighted by Gasteiger charge is -2.35. The van der Waals surface area contributed by atoms with Crippen molar-refractivity contribution in [2.24, 2.45) is 5.92 Å². The van der Waals surface area contributed by atoms with Gasteiger partial charge >= 0.3 is 0 Å². The van der Waals surface area contributed by atoms with Crippen molar-refractivity contribution in [2.45, 2.75) is 52.1 Å². The van der Waals surface area contributed by atoms with E-state index in [1.54, 1.807) is 0 Å². The van der Waals surface area contributed by atoms with Crippen LogP contribution in [0.25, 0.3) is 0 Å². The fourth-order valence-corrected chi connectivity index (χ4v) is 3.85. The molecule has 1 N–H and O–H groups in total. The summed E-state index contributed by atoms with van der Waals surface area (Å²) in [5, 5.41) is 3.69. The summed E-state index contributed by atoms with van der Waals surface area (Å²) in [6.45, 7) is 9.41. The number of hydrogen-bond donors (Lipinski definition) is 1. The van der Waals surface area contributed by atoms with Crippen molar-refractivity contribution >= 4 is 12.4 Å². The van der Waals surface area contributed by atoms with Crippen molar-refractivity contribution in [3.8, 4) is 0 Å². The van der Waals surface area contributed by atoms with Gasteiger partial charge in [0.1, 0.15) is 0 Å². The summed E-state index contributed by atoms with van der Waals surface area (Å²) in [6.07, 6.45) is 5.54. The van der Waals surface area contributed by atoms with Gasteiger partial charge in [0, 0.05) is 12.6 Å². The maximum Gasteiger partial charge on any atom is 0.0236 e. The van der Waals surface area contributed by atoms with E-state index in [4.69, 9.17) is 0 Å². The van der Waals surface area contributed by atoms with E-state index in [9.17, 15) is 0 Å².